The average molecular weight is 491 g/mol. The fourth-order valence-electron chi connectivity index (χ4n) is 2.89. The number of hydrogen-bond acceptors (Lipinski definition) is 5. The minimum atomic E-state index is -6.32. The predicted octanol–water partition coefficient (Wildman–Crippen LogP) is 5.02. The van der Waals surface area contributed by atoms with E-state index in [4.69, 9.17) is 21.9 Å². The largest absolute Gasteiger partial charge is 0.459 e. The van der Waals surface area contributed by atoms with Gasteiger partial charge in [0.1, 0.15) is 23.2 Å². The SMILES string of the molecule is Cn1nc(C(F)(F)C(F)(F)F)c(C(F)(F)F)c1-c1cc(-c2ccc(Cl)c([C@@H](N)O)c2)on1. The molecule has 0 fully saturated rings. The number of nitrogens with zero attached hydrogens (tertiary/aromatic N) is 3. The van der Waals surface area contributed by atoms with Gasteiger partial charge in [-0.25, -0.2) is 0 Å². The van der Waals surface area contributed by atoms with Crippen LogP contribution < -0.4 is 5.73 Å². The van der Waals surface area contributed by atoms with Crippen LogP contribution in [0.4, 0.5) is 35.1 Å². The fraction of sp³-hybridized carbons (Fsp3) is 0.294. The van der Waals surface area contributed by atoms with Crippen molar-refractivity contribution in [1.82, 2.24) is 14.9 Å². The summed E-state index contributed by atoms with van der Waals surface area (Å²) in [6.07, 6.45) is -13.5. The molecule has 32 heavy (non-hydrogen) atoms. The van der Waals surface area contributed by atoms with Crippen LogP contribution in [0.3, 0.4) is 0 Å². The molecular formula is C17H11ClF8N4O2. The van der Waals surface area contributed by atoms with Gasteiger partial charge in [-0.1, -0.05) is 16.8 Å². The van der Waals surface area contributed by atoms with Gasteiger partial charge in [0, 0.05) is 29.3 Å². The molecule has 0 saturated carbocycles. The van der Waals surface area contributed by atoms with Gasteiger partial charge in [-0.05, 0) is 18.2 Å². The van der Waals surface area contributed by atoms with Gasteiger partial charge in [0.25, 0.3) is 0 Å². The van der Waals surface area contributed by atoms with E-state index in [2.05, 4.69) is 10.3 Å². The van der Waals surface area contributed by atoms with E-state index >= 15 is 0 Å². The summed E-state index contributed by atoms with van der Waals surface area (Å²) >= 11 is 5.87. The number of aryl methyl sites for hydroxylation is 1. The summed E-state index contributed by atoms with van der Waals surface area (Å²) in [5.74, 6) is -6.10. The second-order valence-electron chi connectivity index (χ2n) is 6.52. The molecule has 15 heteroatoms. The molecule has 174 valence electrons. The fourth-order valence-corrected chi connectivity index (χ4v) is 3.12. The molecule has 6 nitrogen and oxygen atoms in total. The Balaban J connectivity index is 2.19. The van der Waals surface area contributed by atoms with Crippen molar-refractivity contribution in [2.45, 2.75) is 24.5 Å². The van der Waals surface area contributed by atoms with E-state index in [0.717, 1.165) is 13.1 Å². The lowest BCUT2D eigenvalue weighted by molar-refractivity contribution is -0.292. The quantitative estimate of drug-likeness (QED) is 0.396. The van der Waals surface area contributed by atoms with E-state index in [0.29, 0.717) is 0 Å². The average Bonchev–Trinajstić information content (AvgIpc) is 3.25. The van der Waals surface area contributed by atoms with E-state index in [1.165, 1.54) is 18.2 Å². The van der Waals surface area contributed by atoms with Gasteiger partial charge in [0.2, 0.25) is 0 Å². The molecule has 0 aliphatic heterocycles. The Morgan fingerprint density at radius 1 is 1.09 bits per heavy atom. The van der Waals surface area contributed by atoms with Crippen LogP contribution in [0.5, 0.6) is 0 Å². The van der Waals surface area contributed by atoms with E-state index in [-0.39, 0.29) is 26.6 Å². The minimum Gasteiger partial charge on any atom is -0.374 e. The van der Waals surface area contributed by atoms with Crippen LogP contribution in [0, 0.1) is 0 Å². The van der Waals surface area contributed by atoms with Gasteiger partial charge < -0.3 is 15.4 Å². The Bertz CT molecular complexity index is 1150. The number of benzene rings is 1. The van der Waals surface area contributed by atoms with Gasteiger partial charge in [-0.2, -0.15) is 40.2 Å². The lowest BCUT2D eigenvalue weighted by atomic mass is 10.0. The van der Waals surface area contributed by atoms with Gasteiger partial charge in [-0.3, -0.25) is 4.68 Å². The predicted molar refractivity (Wildman–Crippen MR) is 93.2 cm³/mol. The van der Waals surface area contributed by atoms with Crippen molar-refractivity contribution in [3.05, 3.63) is 46.1 Å². The van der Waals surface area contributed by atoms with Crippen LogP contribution in [0.15, 0.2) is 28.8 Å². The Labute approximate surface area is 178 Å². The first-order valence-corrected chi connectivity index (χ1v) is 8.73. The van der Waals surface area contributed by atoms with Crippen molar-refractivity contribution < 1.29 is 44.8 Å². The van der Waals surface area contributed by atoms with Crippen molar-refractivity contribution in [3.8, 4) is 22.7 Å². The number of rotatable bonds is 4. The zero-order chi connectivity index (χ0) is 24.2. The monoisotopic (exact) mass is 490 g/mol. The first kappa shape index (κ1) is 23.9. The van der Waals surface area contributed by atoms with Crippen LogP contribution in [-0.4, -0.2) is 26.2 Å². The smallest absolute Gasteiger partial charge is 0.374 e. The van der Waals surface area contributed by atoms with E-state index in [1.54, 1.807) is 0 Å². The third kappa shape index (κ3) is 4.04. The highest BCUT2D eigenvalue weighted by atomic mass is 35.5. The molecule has 3 N–H and O–H groups in total. The normalized spacial score (nSPS) is 14.1. The van der Waals surface area contributed by atoms with Crippen LogP contribution in [-0.2, 0) is 19.1 Å². The molecule has 0 radical (unpaired) electrons. The summed E-state index contributed by atoms with van der Waals surface area (Å²) in [5.41, 5.74) is -1.19. The molecule has 3 rings (SSSR count). The number of alkyl halides is 8. The molecule has 0 bridgehead atoms. The zero-order valence-corrected chi connectivity index (χ0v) is 16.3. The molecule has 2 aromatic heterocycles. The number of hydrogen-bond donors (Lipinski definition) is 2. The second-order valence-corrected chi connectivity index (χ2v) is 6.93. The molecule has 0 amide bonds. The minimum absolute atomic E-state index is 0.0331. The van der Waals surface area contributed by atoms with Gasteiger partial charge in [-0.15, -0.1) is 0 Å². The number of aromatic nitrogens is 3. The molecule has 0 aliphatic rings. The molecular weight excluding hydrogens is 480 g/mol. The Hall–Kier alpha value is -2.71. The molecule has 2 heterocycles. The summed E-state index contributed by atoms with van der Waals surface area (Å²) in [6.45, 7) is 0. The number of nitrogens with two attached hydrogens (primary N) is 1. The highest BCUT2D eigenvalue weighted by molar-refractivity contribution is 6.31. The van der Waals surface area contributed by atoms with Gasteiger partial charge >= 0.3 is 18.3 Å². The number of halogens is 9. The molecule has 0 unspecified atom stereocenters. The lowest BCUT2D eigenvalue weighted by Gasteiger charge is -2.19. The highest BCUT2D eigenvalue weighted by Crippen LogP contribution is 2.50. The highest BCUT2D eigenvalue weighted by Gasteiger charge is 2.64. The van der Waals surface area contributed by atoms with Crippen LogP contribution in [0.1, 0.15) is 23.0 Å². The number of aliphatic hydroxyl groups is 1. The van der Waals surface area contributed by atoms with E-state index < -0.39 is 47.1 Å². The first-order chi connectivity index (χ1) is 14.6. The molecule has 0 spiro atoms. The lowest BCUT2D eigenvalue weighted by Crippen LogP contribution is -2.36. The zero-order valence-electron chi connectivity index (χ0n) is 15.6. The maximum Gasteiger partial charge on any atom is 0.459 e. The summed E-state index contributed by atoms with van der Waals surface area (Å²) in [7, 11) is 0.750. The maximum absolute atomic E-state index is 13.8. The third-order valence-corrected chi connectivity index (χ3v) is 4.68. The van der Waals surface area contributed by atoms with E-state index in [9.17, 15) is 40.2 Å². The Kier molecular flexibility index (Phi) is 5.77. The van der Waals surface area contributed by atoms with Gasteiger partial charge in [0.15, 0.2) is 11.5 Å². The summed E-state index contributed by atoms with van der Waals surface area (Å²) in [5, 5.41) is 15.7. The summed E-state index contributed by atoms with van der Waals surface area (Å²) in [4.78, 5) is 0. The van der Waals surface area contributed by atoms with E-state index in [1.807, 2.05) is 0 Å². The summed E-state index contributed by atoms with van der Waals surface area (Å²) < 4.78 is 112. The summed E-state index contributed by atoms with van der Waals surface area (Å²) in [6, 6.07) is 4.72. The first-order valence-electron chi connectivity index (χ1n) is 8.35. The van der Waals surface area contributed by atoms with Gasteiger partial charge in [0.05, 0.1) is 0 Å². The maximum atomic E-state index is 13.8. The van der Waals surface area contributed by atoms with Crippen molar-refractivity contribution in [1.29, 1.82) is 0 Å². The standard InChI is InChI=1S/C17H11ClF8N4O2/c1-30-12(11(16(21,22)23)13(28-30)15(19,20)17(24,25)26)9-5-10(32-29-9)6-2-3-8(18)7(4-6)14(27)31/h2-5,14,31H,27H2,1H3/t14-/m0/s1. The topological polar surface area (TPSA) is 90.1 Å². The van der Waals surface area contributed by atoms with Crippen LogP contribution >= 0.6 is 11.6 Å². The second kappa shape index (κ2) is 7.71. The van der Waals surface area contributed by atoms with Crippen LogP contribution in [0.25, 0.3) is 22.7 Å². The third-order valence-electron chi connectivity index (χ3n) is 4.34. The van der Waals surface area contributed by atoms with Crippen molar-refractivity contribution in [2.75, 3.05) is 0 Å². The van der Waals surface area contributed by atoms with Crippen LogP contribution in [0.2, 0.25) is 5.02 Å². The van der Waals surface area contributed by atoms with Crippen molar-refractivity contribution in [3.63, 3.8) is 0 Å². The molecule has 0 aliphatic carbocycles. The van der Waals surface area contributed by atoms with Crippen molar-refractivity contribution >= 4 is 11.6 Å². The Morgan fingerprint density at radius 2 is 1.72 bits per heavy atom. The number of aliphatic hydroxyl groups excluding tert-OH is 1. The Morgan fingerprint density at radius 3 is 2.25 bits per heavy atom. The van der Waals surface area contributed by atoms with Crippen molar-refractivity contribution in [2.24, 2.45) is 12.8 Å². The molecule has 0 saturated heterocycles. The molecule has 1 atom stereocenters. The molecule has 3 aromatic rings. The molecule has 1 aromatic carbocycles.